The lowest BCUT2D eigenvalue weighted by molar-refractivity contribution is -0.137. The largest absolute Gasteiger partial charge is 0.456 e. The quantitative estimate of drug-likeness (QED) is 0.367. The lowest BCUT2D eigenvalue weighted by Gasteiger charge is -2.07. The van der Waals surface area contributed by atoms with Gasteiger partial charge < -0.3 is 8.83 Å². The zero-order chi connectivity index (χ0) is 20.1. The summed E-state index contributed by atoms with van der Waals surface area (Å²) in [5, 5.41) is 1.16. The monoisotopic (exact) mass is 404 g/mol. The molecule has 0 saturated carbocycles. The topological polar surface area (TPSA) is 43.4 Å². The first kappa shape index (κ1) is 18.7. The fourth-order valence-electron chi connectivity index (χ4n) is 3.24. The highest BCUT2D eigenvalue weighted by molar-refractivity contribution is 7.98. The van der Waals surface area contributed by atoms with Gasteiger partial charge in [0.05, 0.1) is 11.3 Å². The lowest BCUT2D eigenvalue weighted by Crippen LogP contribution is -2.04. The number of hydrogen-bond donors (Lipinski definition) is 0. The number of benzene rings is 2. The van der Waals surface area contributed by atoms with Crippen LogP contribution in [0.3, 0.4) is 0 Å². The van der Waals surface area contributed by atoms with Gasteiger partial charge in [0.15, 0.2) is 0 Å². The van der Waals surface area contributed by atoms with Crippen LogP contribution in [-0.2, 0) is 11.9 Å². The van der Waals surface area contributed by atoms with Gasteiger partial charge in [0, 0.05) is 16.3 Å². The predicted octanol–water partition coefficient (Wildman–Crippen LogP) is 6.47. The summed E-state index contributed by atoms with van der Waals surface area (Å²) in [4.78, 5) is 13.2. The van der Waals surface area contributed by atoms with Crippen molar-refractivity contribution in [2.75, 3.05) is 0 Å². The molecule has 0 bridgehead atoms. The second-order valence-electron chi connectivity index (χ2n) is 6.61. The molecule has 4 rings (SSSR count). The maximum atomic E-state index is 12.6. The van der Waals surface area contributed by atoms with Gasteiger partial charge in [-0.3, -0.25) is 0 Å². The van der Waals surface area contributed by atoms with Crippen LogP contribution < -0.4 is 5.63 Å². The van der Waals surface area contributed by atoms with Crippen LogP contribution in [0.2, 0.25) is 0 Å². The number of fused-ring (bicyclic) bond motifs is 3. The van der Waals surface area contributed by atoms with Gasteiger partial charge in [-0.25, -0.2) is 4.79 Å². The first-order valence-corrected chi connectivity index (χ1v) is 9.47. The van der Waals surface area contributed by atoms with Crippen molar-refractivity contribution in [1.82, 2.24) is 0 Å². The van der Waals surface area contributed by atoms with Crippen molar-refractivity contribution in [1.29, 1.82) is 0 Å². The first-order valence-electron chi connectivity index (χ1n) is 8.49. The molecule has 2 aromatic carbocycles. The van der Waals surface area contributed by atoms with E-state index in [-0.39, 0.29) is 0 Å². The summed E-state index contributed by atoms with van der Waals surface area (Å²) >= 11 is 1.28. The molecule has 0 spiro atoms. The molecule has 0 aliphatic heterocycles. The molecule has 0 aliphatic carbocycles. The van der Waals surface area contributed by atoms with Crippen LogP contribution in [0.1, 0.15) is 22.5 Å². The molecule has 0 atom stereocenters. The van der Waals surface area contributed by atoms with Crippen LogP contribution in [0.15, 0.2) is 61.0 Å². The molecule has 0 radical (unpaired) electrons. The third-order valence-electron chi connectivity index (χ3n) is 4.44. The molecule has 0 amide bonds. The standard InChI is InChI=1S/C21H15F3O3S/c1-11-7-12(2)18-16(8-11)27-17-9-14(26-20(25)19(17)18)10-28-15-5-3-13(4-6-15)21(22,23)24/h3-9H,10H2,1-2H3. The molecule has 2 heterocycles. The van der Waals surface area contributed by atoms with E-state index < -0.39 is 17.4 Å². The van der Waals surface area contributed by atoms with E-state index in [2.05, 4.69) is 0 Å². The third kappa shape index (κ3) is 3.42. The molecule has 0 N–H and O–H groups in total. The van der Waals surface area contributed by atoms with E-state index in [1.807, 2.05) is 26.0 Å². The van der Waals surface area contributed by atoms with Crippen LogP contribution in [0.25, 0.3) is 21.9 Å². The van der Waals surface area contributed by atoms with Gasteiger partial charge in [-0.1, -0.05) is 6.07 Å². The van der Waals surface area contributed by atoms with Gasteiger partial charge in [0.2, 0.25) is 0 Å². The Hall–Kier alpha value is -2.67. The zero-order valence-corrected chi connectivity index (χ0v) is 15.8. The molecule has 3 nitrogen and oxygen atoms in total. The van der Waals surface area contributed by atoms with Gasteiger partial charge >= 0.3 is 11.8 Å². The summed E-state index contributed by atoms with van der Waals surface area (Å²) in [5.41, 5.74) is 1.87. The molecular weight excluding hydrogens is 389 g/mol. The van der Waals surface area contributed by atoms with Gasteiger partial charge in [0.25, 0.3) is 0 Å². The molecule has 4 aromatic rings. The Bertz CT molecular complexity index is 1230. The van der Waals surface area contributed by atoms with Crippen molar-refractivity contribution in [3.63, 3.8) is 0 Å². The molecule has 0 saturated heterocycles. The highest BCUT2D eigenvalue weighted by atomic mass is 32.2. The van der Waals surface area contributed by atoms with Crippen molar-refractivity contribution < 1.29 is 22.0 Å². The number of alkyl halides is 3. The Balaban J connectivity index is 1.64. The van der Waals surface area contributed by atoms with Crippen molar-refractivity contribution in [3.8, 4) is 0 Å². The summed E-state index contributed by atoms with van der Waals surface area (Å²) in [6, 6.07) is 10.4. The maximum absolute atomic E-state index is 12.6. The summed E-state index contributed by atoms with van der Waals surface area (Å²) in [7, 11) is 0. The van der Waals surface area contributed by atoms with E-state index in [0.29, 0.717) is 33.0 Å². The third-order valence-corrected chi connectivity index (χ3v) is 5.48. The van der Waals surface area contributed by atoms with E-state index in [4.69, 9.17) is 8.83 Å². The number of aryl methyl sites for hydroxylation is 2. The number of rotatable bonds is 3. The van der Waals surface area contributed by atoms with E-state index >= 15 is 0 Å². The SMILES string of the molecule is Cc1cc(C)c2c(c1)oc1cc(CSc3ccc(C(F)(F)F)cc3)oc(=O)c12. The summed E-state index contributed by atoms with van der Waals surface area (Å²) < 4.78 is 49.2. The summed E-state index contributed by atoms with van der Waals surface area (Å²) in [6.45, 7) is 3.87. The van der Waals surface area contributed by atoms with Crippen molar-refractivity contribution in [3.05, 3.63) is 75.3 Å². The van der Waals surface area contributed by atoms with Crippen LogP contribution >= 0.6 is 11.8 Å². The average Bonchev–Trinajstić information content (AvgIpc) is 2.98. The second-order valence-corrected chi connectivity index (χ2v) is 7.66. The van der Waals surface area contributed by atoms with E-state index in [1.54, 1.807) is 6.07 Å². The first-order chi connectivity index (χ1) is 13.2. The normalized spacial score (nSPS) is 12.2. The van der Waals surface area contributed by atoms with Crippen molar-refractivity contribution in [2.45, 2.75) is 30.7 Å². The molecule has 0 aliphatic rings. The fraction of sp³-hybridized carbons (Fsp3) is 0.190. The summed E-state index contributed by atoms with van der Waals surface area (Å²) in [6.07, 6.45) is -4.36. The Kier molecular flexibility index (Phi) is 4.50. The second kappa shape index (κ2) is 6.74. The predicted molar refractivity (Wildman–Crippen MR) is 103 cm³/mol. The number of halogens is 3. The highest BCUT2D eigenvalue weighted by Gasteiger charge is 2.29. The summed E-state index contributed by atoms with van der Waals surface area (Å²) in [5.74, 6) is 0.696. The Labute approximate surface area is 162 Å². The van der Waals surface area contributed by atoms with E-state index in [1.165, 1.54) is 23.9 Å². The molecular formula is C21H15F3O3S. The lowest BCUT2D eigenvalue weighted by atomic mass is 10.1. The molecule has 7 heteroatoms. The average molecular weight is 404 g/mol. The minimum absolute atomic E-state index is 0.297. The van der Waals surface area contributed by atoms with Crippen LogP contribution in [0, 0.1) is 13.8 Å². The molecule has 0 fully saturated rings. The molecule has 144 valence electrons. The maximum Gasteiger partial charge on any atom is 0.416 e. The molecule has 0 unspecified atom stereocenters. The van der Waals surface area contributed by atoms with Crippen LogP contribution in [0.4, 0.5) is 13.2 Å². The van der Waals surface area contributed by atoms with Gasteiger partial charge in [-0.2, -0.15) is 13.2 Å². The van der Waals surface area contributed by atoms with Gasteiger partial charge in [-0.05, 0) is 55.3 Å². The highest BCUT2D eigenvalue weighted by Crippen LogP contribution is 2.33. The van der Waals surface area contributed by atoms with E-state index in [0.717, 1.165) is 28.6 Å². The van der Waals surface area contributed by atoms with Gasteiger partial charge in [-0.15, -0.1) is 11.8 Å². The minimum atomic E-state index is -4.36. The number of hydrogen-bond acceptors (Lipinski definition) is 4. The number of furan rings is 1. The molecule has 28 heavy (non-hydrogen) atoms. The molecule has 2 aromatic heterocycles. The van der Waals surface area contributed by atoms with Crippen LogP contribution in [0.5, 0.6) is 0 Å². The smallest absolute Gasteiger partial charge is 0.416 e. The van der Waals surface area contributed by atoms with Crippen LogP contribution in [-0.4, -0.2) is 0 Å². The van der Waals surface area contributed by atoms with Crippen molar-refractivity contribution >= 4 is 33.7 Å². The number of thioether (sulfide) groups is 1. The minimum Gasteiger partial charge on any atom is -0.456 e. The van der Waals surface area contributed by atoms with E-state index in [9.17, 15) is 18.0 Å². The van der Waals surface area contributed by atoms with Gasteiger partial charge in [0.1, 0.15) is 22.3 Å². The van der Waals surface area contributed by atoms with Crippen molar-refractivity contribution in [2.24, 2.45) is 0 Å². The zero-order valence-electron chi connectivity index (χ0n) is 15.0. The Morgan fingerprint density at radius 3 is 2.29 bits per heavy atom. The Morgan fingerprint density at radius 1 is 0.929 bits per heavy atom. The fourth-order valence-corrected chi connectivity index (χ4v) is 4.02. The Morgan fingerprint density at radius 2 is 1.61 bits per heavy atom.